The molecule has 0 atom stereocenters. The second kappa shape index (κ2) is 7.28. The Morgan fingerprint density at radius 3 is 2.35 bits per heavy atom. The second-order valence-corrected chi connectivity index (χ2v) is 6.09. The van der Waals surface area contributed by atoms with Gasteiger partial charge < -0.3 is 15.7 Å². The first kappa shape index (κ1) is 18.1. The standard InChI is InChI=1S/C15H16N4.C2HF3O2/c1-2-4-11-6-13(5-10(11)3-1)18-15-17-8-12-7-16-9-14(12)19-15;3-2(4,5)1(6)7/h1-4,8,13,16H,5-7,9H2,(H,17,18,19);(H,6,7). The molecule has 2 aromatic rings. The van der Waals surface area contributed by atoms with E-state index in [1.807, 2.05) is 6.20 Å². The zero-order valence-corrected chi connectivity index (χ0v) is 13.7. The molecule has 0 amide bonds. The Labute approximate surface area is 147 Å². The van der Waals surface area contributed by atoms with Gasteiger partial charge in [0.1, 0.15) is 0 Å². The Balaban J connectivity index is 0.000000242. The summed E-state index contributed by atoms with van der Waals surface area (Å²) < 4.78 is 31.7. The van der Waals surface area contributed by atoms with Crippen molar-refractivity contribution < 1.29 is 23.1 Å². The molecule has 0 radical (unpaired) electrons. The number of rotatable bonds is 2. The summed E-state index contributed by atoms with van der Waals surface area (Å²) in [5.74, 6) is -1.99. The minimum atomic E-state index is -5.08. The van der Waals surface area contributed by atoms with Crippen molar-refractivity contribution in [2.24, 2.45) is 0 Å². The van der Waals surface area contributed by atoms with Gasteiger partial charge in [-0.2, -0.15) is 13.2 Å². The zero-order valence-electron chi connectivity index (χ0n) is 13.7. The Morgan fingerprint density at radius 1 is 1.15 bits per heavy atom. The summed E-state index contributed by atoms with van der Waals surface area (Å²) in [5.41, 5.74) is 5.25. The number of anilines is 1. The molecule has 0 unspecified atom stereocenters. The van der Waals surface area contributed by atoms with Crippen LogP contribution in [0.2, 0.25) is 0 Å². The van der Waals surface area contributed by atoms with Crippen LogP contribution < -0.4 is 10.6 Å². The number of aromatic nitrogens is 2. The SMILES string of the molecule is O=C(O)C(F)(F)F.c1ccc2c(c1)CC(Nc1ncc3c(n1)CNC3)C2. The second-order valence-electron chi connectivity index (χ2n) is 6.09. The first-order chi connectivity index (χ1) is 12.3. The molecular weight excluding hydrogens is 349 g/mol. The number of fused-ring (bicyclic) bond motifs is 2. The van der Waals surface area contributed by atoms with Gasteiger partial charge in [-0.25, -0.2) is 14.8 Å². The van der Waals surface area contributed by atoms with Gasteiger partial charge in [-0.15, -0.1) is 0 Å². The average molecular weight is 366 g/mol. The first-order valence-electron chi connectivity index (χ1n) is 8.02. The molecule has 1 aliphatic carbocycles. The molecule has 1 aromatic heterocycles. The zero-order chi connectivity index (χ0) is 18.7. The molecule has 3 N–H and O–H groups in total. The van der Waals surface area contributed by atoms with E-state index in [-0.39, 0.29) is 0 Å². The molecule has 2 heterocycles. The number of hydrogen-bond donors (Lipinski definition) is 3. The highest BCUT2D eigenvalue weighted by atomic mass is 19.4. The average Bonchev–Trinajstić information content (AvgIpc) is 3.19. The molecule has 0 bridgehead atoms. The fourth-order valence-electron chi connectivity index (χ4n) is 2.97. The predicted molar refractivity (Wildman–Crippen MR) is 87.5 cm³/mol. The van der Waals surface area contributed by atoms with E-state index >= 15 is 0 Å². The van der Waals surface area contributed by atoms with Crippen LogP contribution in [0.15, 0.2) is 30.5 Å². The lowest BCUT2D eigenvalue weighted by Gasteiger charge is -2.12. The predicted octanol–water partition coefficient (Wildman–Crippen LogP) is 2.29. The summed E-state index contributed by atoms with van der Waals surface area (Å²) in [7, 11) is 0. The molecule has 6 nitrogen and oxygen atoms in total. The smallest absolute Gasteiger partial charge is 0.475 e. The van der Waals surface area contributed by atoms with E-state index in [4.69, 9.17) is 9.90 Å². The molecule has 1 aliphatic heterocycles. The number of nitrogens with zero attached hydrogens (tertiary/aromatic N) is 2. The normalized spacial score (nSPS) is 15.7. The van der Waals surface area contributed by atoms with Crippen LogP contribution >= 0.6 is 0 Å². The van der Waals surface area contributed by atoms with Crippen molar-refractivity contribution in [2.45, 2.75) is 38.1 Å². The minimum Gasteiger partial charge on any atom is -0.475 e. The van der Waals surface area contributed by atoms with E-state index in [0.29, 0.717) is 6.04 Å². The van der Waals surface area contributed by atoms with Crippen LogP contribution in [0.1, 0.15) is 22.4 Å². The maximum absolute atomic E-state index is 10.6. The third-order valence-electron chi connectivity index (χ3n) is 4.19. The van der Waals surface area contributed by atoms with Gasteiger partial charge in [0.2, 0.25) is 5.95 Å². The number of hydrogen-bond acceptors (Lipinski definition) is 5. The molecule has 2 aliphatic rings. The van der Waals surface area contributed by atoms with E-state index in [1.54, 1.807) is 0 Å². The Kier molecular flexibility index (Phi) is 5.08. The van der Waals surface area contributed by atoms with Crippen LogP contribution in [-0.4, -0.2) is 33.3 Å². The Hall–Kier alpha value is -2.68. The first-order valence-corrected chi connectivity index (χ1v) is 8.02. The lowest BCUT2D eigenvalue weighted by molar-refractivity contribution is -0.192. The van der Waals surface area contributed by atoms with E-state index < -0.39 is 12.1 Å². The van der Waals surface area contributed by atoms with Gasteiger partial charge in [0, 0.05) is 30.9 Å². The van der Waals surface area contributed by atoms with Gasteiger partial charge in [0.05, 0.1) is 5.69 Å². The number of nitrogens with one attached hydrogen (secondary N) is 2. The summed E-state index contributed by atoms with van der Waals surface area (Å²) in [6.07, 6.45) is -1.02. The van der Waals surface area contributed by atoms with E-state index in [2.05, 4.69) is 44.9 Å². The number of carboxylic acids is 1. The summed E-state index contributed by atoms with van der Waals surface area (Å²) in [5, 5.41) is 13.9. The summed E-state index contributed by atoms with van der Waals surface area (Å²) in [6.45, 7) is 1.75. The van der Waals surface area contributed by atoms with Crippen molar-refractivity contribution in [1.82, 2.24) is 15.3 Å². The van der Waals surface area contributed by atoms with Crippen molar-refractivity contribution in [1.29, 1.82) is 0 Å². The molecule has 0 spiro atoms. The fourth-order valence-corrected chi connectivity index (χ4v) is 2.97. The Morgan fingerprint density at radius 2 is 1.77 bits per heavy atom. The highest BCUT2D eigenvalue weighted by Crippen LogP contribution is 2.24. The highest BCUT2D eigenvalue weighted by molar-refractivity contribution is 5.73. The van der Waals surface area contributed by atoms with Gasteiger partial charge in [-0.1, -0.05) is 24.3 Å². The number of alkyl halides is 3. The van der Waals surface area contributed by atoms with Crippen LogP contribution in [-0.2, 0) is 30.7 Å². The van der Waals surface area contributed by atoms with Gasteiger partial charge in [0.25, 0.3) is 0 Å². The molecule has 4 rings (SSSR count). The minimum absolute atomic E-state index is 0.421. The van der Waals surface area contributed by atoms with Gasteiger partial charge in [-0.3, -0.25) is 0 Å². The molecule has 0 saturated heterocycles. The molecule has 0 saturated carbocycles. The van der Waals surface area contributed by atoms with Crippen LogP contribution in [0.4, 0.5) is 19.1 Å². The molecule has 1 aromatic carbocycles. The van der Waals surface area contributed by atoms with Crippen LogP contribution in [0.3, 0.4) is 0 Å². The highest BCUT2D eigenvalue weighted by Gasteiger charge is 2.38. The van der Waals surface area contributed by atoms with E-state index in [9.17, 15) is 13.2 Å². The van der Waals surface area contributed by atoms with Crippen molar-refractivity contribution in [2.75, 3.05) is 5.32 Å². The lowest BCUT2D eigenvalue weighted by atomic mass is 10.1. The van der Waals surface area contributed by atoms with Crippen LogP contribution in [0, 0.1) is 0 Å². The summed E-state index contributed by atoms with van der Waals surface area (Å²) >= 11 is 0. The largest absolute Gasteiger partial charge is 0.490 e. The number of benzene rings is 1. The Bertz CT molecular complexity index is 786. The number of halogens is 3. The van der Waals surface area contributed by atoms with Gasteiger partial charge in [-0.05, 0) is 24.0 Å². The molecule has 0 fully saturated rings. The van der Waals surface area contributed by atoms with E-state index in [0.717, 1.165) is 37.6 Å². The third kappa shape index (κ3) is 4.29. The van der Waals surface area contributed by atoms with Crippen LogP contribution in [0.25, 0.3) is 0 Å². The van der Waals surface area contributed by atoms with E-state index in [1.165, 1.54) is 16.7 Å². The van der Waals surface area contributed by atoms with Gasteiger partial charge >= 0.3 is 12.1 Å². The monoisotopic (exact) mass is 366 g/mol. The molecular formula is C17H17F3N4O2. The van der Waals surface area contributed by atoms with Crippen molar-refractivity contribution >= 4 is 11.9 Å². The third-order valence-corrected chi connectivity index (χ3v) is 4.19. The molecule has 138 valence electrons. The molecule has 26 heavy (non-hydrogen) atoms. The number of aliphatic carboxylic acids is 1. The van der Waals surface area contributed by atoms with Crippen molar-refractivity contribution in [3.63, 3.8) is 0 Å². The summed E-state index contributed by atoms with van der Waals surface area (Å²) in [6, 6.07) is 9.07. The van der Waals surface area contributed by atoms with Gasteiger partial charge in [0.15, 0.2) is 0 Å². The van der Waals surface area contributed by atoms with Crippen molar-refractivity contribution in [3.8, 4) is 0 Å². The molecule has 9 heteroatoms. The maximum atomic E-state index is 10.6. The summed E-state index contributed by atoms with van der Waals surface area (Å²) in [4.78, 5) is 17.9. The quantitative estimate of drug-likeness (QED) is 0.756. The lowest BCUT2D eigenvalue weighted by Crippen LogP contribution is -2.21. The van der Waals surface area contributed by atoms with Crippen molar-refractivity contribution in [3.05, 3.63) is 52.8 Å². The number of carbonyl (C=O) groups is 1. The number of carboxylic acid groups (broad SMARTS) is 1. The topological polar surface area (TPSA) is 87.1 Å². The fraction of sp³-hybridized carbons (Fsp3) is 0.353. The van der Waals surface area contributed by atoms with Crippen LogP contribution in [0.5, 0.6) is 0 Å². The maximum Gasteiger partial charge on any atom is 0.490 e.